The van der Waals surface area contributed by atoms with Crippen LogP contribution in [0.5, 0.6) is 0 Å². The molecule has 0 bridgehead atoms. The van der Waals surface area contributed by atoms with E-state index in [4.69, 9.17) is 14.2 Å². The molecule has 0 aromatic heterocycles. The third-order valence-electron chi connectivity index (χ3n) is 8.18. The summed E-state index contributed by atoms with van der Waals surface area (Å²) in [7, 11) is 0. The summed E-state index contributed by atoms with van der Waals surface area (Å²) < 4.78 is 17.1. The van der Waals surface area contributed by atoms with Gasteiger partial charge < -0.3 is 14.2 Å². The van der Waals surface area contributed by atoms with Gasteiger partial charge in [0.2, 0.25) is 0 Å². The van der Waals surface area contributed by atoms with Gasteiger partial charge in [-0.25, -0.2) is 9.59 Å². The van der Waals surface area contributed by atoms with Crippen LogP contribution in [-0.4, -0.2) is 53.8 Å². The molecule has 7 heteroatoms. The van der Waals surface area contributed by atoms with Gasteiger partial charge in [0.1, 0.15) is 17.7 Å². The molecule has 1 fully saturated rings. The van der Waals surface area contributed by atoms with Gasteiger partial charge in [0.15, 0.2) is 0 Å². The fraction of sp³-hybridized carbons (Fsp3) is 0.914. The smallest absolute Gasteiger partial charge is 0.411 e. The molecule has 1 rings (SSSR count). The summed E-state index contributed by atoms with van der Waals surface area (Å²) in [6, 6.07) is -0.553. The highest BCUT2D eigenvalue weighted by Crippen LogP contribution is 2.28. The monoisotopic (exact) mass is 595 g/mol. The molecule has 0 radical (unpaired) electrons. The molecule has 0 aromatic rings. The average molecular weight is 596 g/mol. The molecule has 0 spiro atoms. The summed E-state index contributed by atoms with van der Waals surface area (Å²) in [6.07, 6.45) is 19.6. The zero-order valence-electron chi connectivity index (χ0n) is 28.4. The lowest BCUT2D eigenvalue weighted by Crippen LogP contribution is -2.44. The second-order valence-corrected chi connectivity index (χ2v) is 14.0. The van der Waals surface area contributed by atoms with E-state index in [0.717, 1.165) is 64.2 Å². The zero-order chi connectivity index (χ0) is 31.4. The maximum absolute atomic E-state index is 13.1. The summed E-state index contributed by atoms with van der Waals surface area (Å²) in [5, 5.41) is 0. The van der Waals surface area contributed by atoms with Crippen molar-refractivity contribution in [3.05, 3.63) is 0 Å². The van der Waals surface area contributed by atoms with Crippen molar-refractivity contribution in [2.24, 2.45) is 5.41 Å². The first-order chi connectivity index (χ1) is 19.9. The van der Waals surface area contributed by atoms with Gasteiger partial charge in [-0.05, 0) is 86.0 Å². The van der Waals surface area contributed by atoms with E-state index in [9.17, 15) is 14.4 Å². The molecular formula is C35H65NO6. The van der Waals surface area contributed by atoms with Crippen LogP contribution >= 0.6 is 0 Å². The largest absolute Gasteiger partial charge is 0.464 e. The Bertz CT molecular complexity index is 745. The molecule has 0 N–H and O–H groups in total. The van der Waals surface area contributed by atoms with Crippen LogP contribution in [0.3, 0.4) is 0 Å². The number of rotatable bonds is 22. The van der Waals surface area contributed by atoms with Crippen LogP contribution in [0.2, 0.25) is 0 Å². The Labute approximate surface area is 258 Å². The molecular weight excluding hydrogens is 530 g/mol. The first-order valence-electron chi connectivity index (χ1n) is 17.3. The summed E-state index contributed by atoms with van der Waals surface area (Å²) >= 11 is 0. The number of hydrogen-bond donors (Lipinski definition) is 0. The van der Waals surface area contributed by atoms with Crippen molar-refractivity contribution in [3.63, 3.8) is 0 Å². The lowest BCUT2D eigenvalue weighted by molar-refractivity contribution is -0.161. The van der Waals surface area contributed by atoms with Gasteiger partial charge in [0.25, 0.3) is 0 Å². The van der Waals surface area contributed by atoms with E-state index < -0.39 is 23.2 Å². The molecule has 0 unspecified atom stereocenters. The first kappa shape index (κ1) is 38.2. The topological polar surface area (TPSA) is 82.1 Å². The van der Waals surface area contributed by atoms with Crippen molar-refractivity contribution >= 4 is 18.0 Å². The van der Waals surface area contributed by atoms with E-state index in [1.807, 2.05) is 34.6 Å². The Balaban J connectivity index is 2.35. The molecule has 42 heavy (non-hydrogen) atoms. The van der Waals surface area contributed by atoms with Gasteiger partial charge in [-0.1, -0.05) is 84.5 Å². The summed E-state index contributed by atoms with van der Waals surface area (Å²) in [4.78, 5) is 39.7. The number of esters is 2. The highest BCUT2D eigenvalue weighted by Gasteiger charge is 2.37. The van der Waals surface area contributed by atoms with E-state index in [0.29, 0.717) is 19.6 Å². The maximum Gasteiger partial charge on any atom is 0.411 e. The van der Waals surface area contributed by atoms with Crippen LogP contribution in [0.4, 0.5) is 4.79 Å². The molecule has 0 aliphatic carbocycles. The number of unbranched alkanes of at least 4 members (excludes halogenated alkanes) is 11. The molecule has 246 valence electrons. The SMILES string of the molecule is CCCCCCCC(CCCCCCC)OC(=O)C(C)(C)CCCCCCOC(=O)[C@@H]1CCCN1C(=O)OC(C)(C)C. The van der Waals surface area contributed by atoms with Gasteiger partial charge in [-0.2, -0.15) is 0 Å². The van der Waals surface area contributed by atoms with E-state index in [2.05, 4.69) is 13.8 Å². The second-order valence-electron chi connectivity index (χ2n) is 14.0. The van der Waals surface area contributed by atoms with E-state index in [-0.39, 0.29) is 18.0 Å². The van der Waals surface area contributed by atoms with Crippen LogP contribution in [0, 0.1) is 5.41 Å². The number of nitrogens with zero attached hydrogens (tertiary/aromatic N) is 1. The molecule has 1 amide bonds. The van der Waals surface area contributed by atoms with Crippen LogP contribution in [0.25, 0.3) is 0 Å². The highest BCUT2D eigenvalue weighted by atomic mass is 16.6. The standard InChI is InChI=1S/C35H65NO6/c1-8-10-12-14-18-23-29(24-19-15-13-11-9-2)41-32(38)35(6,7)26-20-16-17-21-28-40-31(37)30-25-22-27-36(30)33(39)42-34(3,4)5/h29-30H,8-28H2,1-7H3/t30-/m0/s1. The van der Waals surface area contributed by atoms with Crippen molar-refractivity contribution in [2.75, 3.05) is 13.2 Å². The quantitative estimate of drug-likeness (QED) is 0.0704. The molecule has 1 saturated heterocycles. The van der Waals surface area contributed by atoms with Crippen molar-refractivity contribution in [3.8, 4) is 0 Å². The van der Waals surface area contributed by atoms with E-state index in [1.54, 1.807) is 0 Å². The van der Waals surface area contributed by atoms with Crippen LogP contribution < -0.4 is 0 Å². The number of carbonyl (C=O) groups is 3. The van der Waals surface area contributed by atoms with E-state index in [1.165, 1.54) is 56.3 Å². The molecule has 1 aliphatic heterocycles. The van der Waals surface area contributed by atoms with Crippen molar-refractivity contribution in [1.29, 1.82) is 0 Å². The predicted molar refractivity (Wildman–Crippen MR) is 170 cm³/mol. The molecule has 1 atom stereocenters. The van der Waals surface area contributed by atoms with Crippen molar-refractivity contribution in [1.82, 2.24) is 4.90 Å². The summed E-state index contributed by atoms with van der Waals surface area (Å²) in [5.74, 6) is -0.401. The van der Waals surface area contributed by atoms with Crippen LogP contribution in [0.15, 0.2) is 0 Å². The van der Waals surface area contributed by atoms with Gasteiger partial charge in [-0.15, -0.1) is 0 Å². The Morgan fingerprint density at radius 2 is 1.31 bits per heavy atom. The lowest BCUT2D eigenvalue weighted by atomic mass is 9.86. The number of hydrogen-bond acceptors (Lipinski definition) is 6. The van der Waals surface area contributed by atoms with Crippen LogP contribution in [0.1, 0.15) is 170 Å². The molecule has 1 aliphatic rings. The highest BCUT2D eigenvalue weighted by molar-refractivity contribution is 5.82. The maximum atomic E-state index is 13.1. The minimum Gasteiger partial charge on any atom is -0.464 e. The fourth-order valence-electron chi connectivity index (χ4n) is 5.47. The number of amides is 1. The number of carbonyl (C=O) groups excluding carboxylic acids is 3. The first-order valence-corrected chi connectivity index (χ1v) is 17.3. The van der Waals surface area contributed by atoms with Gasteiger partial charge >= 0.3 is 18.0 Å². The normalized spacial score (nSPS) is 15.7. The average Bonchev–Trinajstić information content (AvgIpc) is 3.41. The Kier molecular flexibility index (Phi) is 19.1. The number of ether oxygens (including phenoxy) is 3. The van der Waals surface area contributed by atoms with Gasteiger partial charge in [0, 0.05) is 6.54 Å². The van der Waals surface area contributed by atoms with Gasteiger partial charge in [-0.3, -0.25) is 9.69 Å². The molecule has 0 aromatic carbocycles. The fourth-order valence-corrected chi connectivity index (χ4v) is 5.47. The Morgan fingerprint density at radius 3 is 1.88 bits per heavy atom. The second kappa shape index (κ2) is 21.0. The minimum absolute atomic E-state index is 0.0424. The lowest BCUT2D eigenvalue weighted by Gasteiger charge is -2.27. The minimum atomic E-state index is -0.594. The van der Waals surface area contributed by atoms with Crippen LogP contribution in [-0.2, 0) is 23.8 Å². The Hall–Kier alpha value is -1.79. The number of likely N-dealkylation sites (tertiary alicyclic amines) is 1. The summed E-state index contributed by atoms with van der Waals surface area (Å²) in [6.45, 7) is 14.8. The Morgan fingerprint density at radius 1 is 0.762 bits per heavy atom. The van der Waals surface area contributed by atoms with Crippen molar-refractivity contribution in [2.45, 2.75) is 188 Å². The third-order valence-corrected chi connectivity index (χ3v) is 8.18. The predicted octanol–water partition coefficient (Wildman–Crippen LogP) is 9.54. The van der Waals surface area contributed by atoms with Gasteiger partial charge in [0.05, 0.1) is 12.0 Å². The molecule has 7 nitrogen and oxygen atoms in total. The third kappa shape index (κ3) is 16.7. The zero-order valence-corrected chi connectivity index (χ0v) is 28.4. The molecule has 1 heterocycles. The summed E-state index contributed by atoms with van der Waals surface area (Å²) in [5.41, 5.74) is -1.09. The van der Waals surface area contributed by atoms with Crippen molar-refractivity contribution < 1.29 is 28.6 Å². The molecule has 0 saturated carbocycles. The van der Waals surface area contributed by atoms with E-state index >= 15 is 0 Å².